The summed E-state index contributed by atoms with van der Waals surface area (Å²) in [4.78, 5) is 17.6. The number of nitrogens with zero attached hydrogens (tertiary/aromatic N) is 1. The minimum absolute atomic E-state index is 0.218. The van der Waals surface area contributed by atoms with E-state index in [0.717, 1.165) is 5.39 Å². The van der Waals surface area contributed by atoms with Crippen molar-refractivity contribution in [2.24, 2.45) is 0 Å². The maximum absolute atomic E-state index is 13.4. The smallest absolute Gasteiger partial charge is 0.271 e. The Hall–Kier alpha value is -3.28. The van der Waals surface area contributed by atoms with E-state index in [-0.39, 0.29) is 11.7 Å². The summed E-state index contributed by atoms with van der Waals surface area (Å²) in [5.74, 6) is 0.768. The van der Waals surface area contributed by atoms with Gasteiger partial charge in [-0.15, -0.1) is 0 Å². The fourth-order valence-electron chi connectivity index (χ4n) is 2.77. The molecule has 4 rings (SSSR count). The number of amides is 1. The van der Waals surface area contributed by atoms with Crippen molar-refractivity contribution in [3.63, 3.8) is 0 Å². The van der Waals surface area contributed by atoms with Gasteiger partial charge in [0, 0.05) is 10.9 Å². The molecule has 4 aromatic rings. The lowest BCUT2D eigenvalue weighted by Gasteiger charge is -2.19. The molecule has 1 N–H and O–H groups in total. The molecule has 0 saturated carbocycles. The van der Waals surface area contributed by atoms with Crippen LogP contribution < -0.4 is 0 Å². The van der Waals surface area contributed by atoms with Crippen LogP contribution in [0.25, 0.3) is 10.9 Å². The van der Waals surface area contributed by atoms with Crippen molar-refractivity contribution < 1.29 is 18.0 Å². The van der Waals surface area contributed by atoms with Crippen LogP contribution in [-0.2, 0) is 13.1 Å². The van der Waals surface area contributed by atoms with Gasteiger partial charge in [0.15, 0.2) is 0 Å². The predicted molar refractivity (Wildman–Crippen MR) is 89.3 cm³/mol. The van der Waals surface area contributed by atoms with Crippen LogP contribution in [0.15, 0.2) is 69.9 Å². The van der Waals surface area contributed by atoms with Crippen molar-refractivity contribution in [3.8, 4) is 0 Å². The number of hydrogen-bond acceptors (Lipinski definition) is 3. The maximum atomic E-state index is 13.4. The highest BCUT2D eigenvalue weighted by Gasteiger charge is 2.20. The first kappa shape index (κ1) is 15.3. The van der Waals surface area contributed by atoms with Gasteiger partial charge in [-0.1, -0.05) is 0 Å². The van der Waals surface area contributed by atoms with Gasteiger partial charge < -0.3 is 18.7 Å². The number of carbonyl (C=O) groups is 1. The number of carbonyl (C=O) groups excluding carboxylic acids is 1. The molecule has 5 nitrogen and oxygen atoms in total. The normalized spacial score (nSPS) is 11.1. The van der Waals surface area contributed by atoms with Crippen molar-refractivity contribution in [1.82, 2.24) is 9.88 Å². The number of fused-ring (bicyclic) bond motifs is 1. The lowest BCUT2D eigenvalue weighted by atomic mass is 10.2. The fraction of sp³-hybridized carbons (Fsp3) is 0.105. The number of hydrogen-bond donors (Lipinski definition) is 1. The van der Waals surface area contributed by atoms with Gasteiger partial charge in [-0.05, 0) is 48.5 Å². The summed E-state index contributed by atoms with van der Waals surface area (Å²) in [6.07, 6.45) is 3.13. The second-order valence-corrected chi connectivity index (χ2v) is 5.73. The summed E-state index contributed by atoms with van der Waals surface area (Å²) in [7, 11) is 0. The number of aromatic amines is 1. The van der Waals surface area contributed by atoms with Crippen LogP contribution in [0.2, 0.25) is 0 Å². The summed E-state index contributed by atoms with van der Waals surface area (Å²) in [6, 6.07) is 13.3. The van der Waals surface area contributed by atoms with Crippen molar-refractivity contribution in [2.75, 3.05) is 0 Å². The Morgan fingerprint density at radius 3 is 2.28 bits per heavy atom. The highest BCUT2D eigenvalue weighted by molar-refractivity contribution is 5.98. The molecule has 6 heteroatoms. The largest absolute Gasteiger partial charge is 0.467 e. The van der Waals surface area contributed by atoms with E-state index in [1.165, 1.54) is 12.1 Å². The first-order valence-electron chi connectivity index (χ1n) is 7.81. The summed E-state index contributed by atoms with van der Waals surface area (Å²) >= 11 is 0. The highest BCUT2D eigenvalue weighted by atomic mass is 19.1. The molecular formula is C19H15FN2O3. The summed E-state index contributed by atoms with van der Waals surface area (Å²) < 4.78 is 24.1. The first-order chi connectivity index (χ1) is 12.2. The van der Waals surface area contributed by atoms with Crippen LogP contribution >= 0.6 is 0 Å². The molecule has 126 valence electrons. The third kappa shape index (κ3) is 3.19. The summed E-state index contributed by atoms with van der Waals surface area (Å²) in [5, 5.41) is 0.778. The van der Waals surface area contributed by atoms with E-state index < -0.39 is 0 Å². The topological polar surface area (TPSA) is 62.4 Å². The van der Waals surface area contributed by atoms with Crippen LogP contribution in [0, 0.1) is 5.82 Å². The van der Waals surface area contributed by atoms with Crippen LogP contribution in [0.5, 0.6) is 0 Å². The van der Waals surface area contributed by atoms with Gasteiger partial charge in [-0.3, -0.25) is 4.79 Å². The summed E-state index contributed by atoms with van der Waals surface area (Å²) in [6.45, 7) is 0.604. The van der Waals surface area contributed by atoms with E-state index in [9.17, 15) is 9.18 Å². The molecule has 1 amide bonds. The van der Waals surface area contributed by atoms with Crippen molar-refractivity contribution >= 4 is 16.8 Å². The van der Waals surface area contributed by atoms with Gasteiger partial charge in [0.25, 0.3) is 5.91 Å². The maximum Gasteiger partial charge on any atom is 0.271 e. The molecule has 25 heavy (non-hydrogen) atoms. The molecule has 0 fully saturated rings. The van der Waals surface area contributed by atoms with Crippen molar-refractivity contribution in [1.29, 1.82) is 0 Å². The quantitative estimate of drug-likeness (QED) is 0.589. The Bertz CT molecular complexity index is 951. The molecule has 3 heterocycles. The molecule has 0 aliphatic heterocycles. The number of aromatic nitrogens is 1. The monoisotopic (exact) mass is 338 g/mol. The molecule has 0 radical (unpaired) electrons. The van der Waals surface area contributed by atoms with Crippen LogP contribution in [0.4, 0.5) is 4.39 Å². The molecular weight excluding hydrogens is 323 g/mol. The molecule has 0 bridgehead atoms. The standard InChI is InChI=1S/C19H15FN2O3/c20-14-6-5-13-9-18(21-17(13)10-14)19(23)22(11-15-3-1-7-24-15)12-16-4-2-8-25-16/h1-10,21H,11-12H2. The van der Waals surface area contributed by atoms with Gasteiger partial charge in [0.2, 0.25) is 0 Å². The molecule has 0 saturated heterocycles. The van der Waals surface area contributed by atoms with Crippen LogP contribution in [0.3, 0.4) is 0 Å². The zero-order valence-corrected chi connectivity index (χ0v) is 13.2. The lowest BCUT2D eigenvalue weighted by Crippen LogP contribution is -2.30. The van der Waals surface area contributed by atoms with Crippen LogP contribution in [-0.4, -0.2) is 15.8 Å². The molecule has 0 atom stereocenters. The number of benzene rings is 1. The summed E-state index contributed by atoms with van der Waals surface area (Å²) in [5.41, 5.74) is 0.970. The van der Waals surface area contributed by atoms with Crippen molar-refractivity contribution in [3.05, 3.63) is 84.1 Å². The zero-order chi connectivity index (χ0) is 17.2. The average molecular weight is 338 g/mol. The Morgan fingerprint density at radius 2 is 1.68 bits per heavy atom. The Morgan fingerprint density at radius 1 is 1.00 bits per heavy atom. The molecule has 0 aliphatic rings. The van der Waals surface area contributed by atoms with E-state index in [0.29, 0.717) is 35.8 Å². The molecule has 1 aromatic carbocycles. The first-order valence-corrected chi connectivity index (χ1v) is 7.81. The number of rotatable bonds is 5. The Labute approximate surface area is 142 Å². The average Bonchev–Trinajstić information content (AvgIpc) is 3.34. The molecule has 0 aliphatic carbocycles. The molecule has 0 unspecified atom stereocenters. The zero-order valence-electron chi connectivity index (χ0n) is 13.2. The number of halogens is 1. The van der Waals surface area contributed by atoms with E-state index in [4.69, 9.17) is 8.83 Å². The second kappa shape index (κ2) is 6.32. The lowest BCUT2D eigenvalue weighted by molar-refractivity contribution is 0.0700. The van der Waals surface area contributed by atoms with Gasteiger partial charge in [0.05, 0.1) is 25.6 Å². The number of furan rings is 2. The Balaban J connectivity index is 1.65. The second-order valence-electron chi connectivity index (χ2n) is 5.73. The van der Waals surface area contributed by atoms with Gasteiger partial charge in [-0.2, -0.15) is 0 Å². The number of nitrogens with one attached hydrogen (secondary N) is 1. The van der Waals surface area contributed by atoms with E-state index >= 15 is 0 Å². The molecule has 0 spiro atoms. The Kier molecular flexibility index (Phi) is 3.85. The third-order valence-corrected chi connectivity index (χ3v) is 3.96. The molecule has 3 aromatic heterocycles. The van der Waals surface area contributed by atoms with E-state index in [1.807, 2.05) is 12.1 Å². The minimum atomic E-state index is -0.351. The number of H-pyrrole nitrogens is 1. The van der Waals surface area contributed by atoms with Gasteiger partial charge in [-0.25, -0.2) is 4.39 Å². The van der Waals surface area contributed by atoms with E-state index in [2.05, 4.69) is 4.98 Å². The minimum Gasteiger partial charge on any atom is -0.467 e. The van der Waals surface area contributed by atoms with Gasteiger partial charge in [0.1, 0.15) is 23.0 Å². The predicted octanol–water partition coefficient (Wildman–Crippen LogP) is 4.34. The third-order valence-electron chi connectivity index (χ3n) is 3.96. The highest BCUT2D eigenvalue weighted by Crippen LogP contribution is 2.20. The van der Waals surface area contributed by atoms with Gasteiger partial charge >= 0.3 is 0 Å². The fourth-order valence-corrected chi connectivity index (χ4v) is 2.77. The van der Waals surface area contributed by atoms with E-state index in [1.54, 1.807) is 41.7 Å². The van der Waals surface area contributed by atoms with Crippen molar-refractivity contribution in [2.45, 2.75) is 13.1 Å². The van der Waals surface area contributed by atoms with Crippen LogP contribution in [0.1, 0.15) is 22.0 Å². The SMILES string of the molecule is O=C(c1cc2ccc(F)cc2[nH]1)N(Cc1ccco1)Cc1ccco1.